The molecular weight excluding hydrogens is 172 g/mol. The van der Waals surface area contributed by atoms with Crippen molar-refractivity contribution in [3.63, 3.8) is 0 Å². The van der Waals surface area contributed by atoms with Crippen molar-refractivity contribution < 1.29 is 0 Å². The van der Waals surface area contributed by atoms with Gasteiger partial charge >= 0.3 is 0 Å². The number of hydrogen-bond acceptors (Lipinski definition) is 2. The van der Waals surface area contributed by atoms with Crippen LogP contribution in [0.1, 0.15) is 33.6 Å². The van der Waals surface area contributed by atoms with Crippen molar-refractivity contribution in [3.8, 4) is 0 Å². The van der Waals surface area contributed by atoms with Crippen molar-refractivity contribution in [3.05, 3.63) is 0 Å². The van der Waals surface area contributed by atoms with E-state index in [0.29, 0.717) is 6.04 Å². The maximum atomic E-state index is 3.32. The van der Waals surface area contributed by atoms with Gasteiger partial charge in [0.05, 0.1) is 0 Å². The van der Waals surface area contributed by atoms with Crippen LogP contribution in [0.25, 0.3) is 0 Å². The van der Waals surface area contributed by atoms with Crippen LogP contribution in [-0.4, -0.2) is 38.6 Å². The molecule has 0 spiro atoms. The van der Waals surface area contributed by atoms with Crippen LogP contribution in [0.2, 0.25) is 0 Å². The zero-order chi connectivity index (χ0) is 11.1. The van der Waals surface area contributed by atoms with Crippen LogP contribution in [0, 0.1) is 11.8 Å². The highest BCUT2D eigenvalue weighted by molar-refractivity contribution is 4.79. The van der Waals surface area contributed by atoms with E-state index in [-0.39, 0.29) is 0 Å². The van der Waals surface area contributed by atoms with Gasteiger partial charge in [-0.25, -0.2) is 0 Å². The summed E-state index contributed by atoms with van der Waals surface area (Å²) in [6.45, 7) is 8.05. The molecule has 0 saturated heterocycles. The summed E-state index contributed by atoms with van der Waals surface area (Å²) in [7, 11) is 6.45. The van der Waals surface area contributed by atoms with Gasteiger partial charge in [-0.05, 0) is 45.9 Å². The molecule has 0 saturated carbocycles. The Hall–Kier alpha value is -0.0800. The minimum absolute atomic E-state index is 0.715. The molecule has 86 valence electrons. The quantitative estimate of drug-likeness (QED) is 0.678. The lowest BCUT2D eigenvalue weighted by Crippen LogP contribution is -2.42. The summed E-state index contributed by atoms with van der Waals surface area (Å²) in [6, 6.07) is 0.715. The minimum atomic E-state index is 0.715. The molecule has 0 aromatic rings. The van der Waals surface area contributed by atoms with Crippen LogP contribution in [0.5, 0.6) is 0 Å². The van der Waals surface area contributed by atoms with Crippen LogP contribution in [0.4, 0.5) is 0 Å². The molecule has 14 heavy (non-hydrogen) atoms. The highest BCUT2D eigenvalue weighted by Gasteiger charge is 2.24. The van der Waals surface area contributed by atoms with E-state index in [0.717, 1.165) is 18.4 Å². The fourth-order valence-electron chi connectivity index (χ4n) is 2.20. The lowest BCUT2D eigenvalue weighted by atomic mass is 9.85. The van der Waals surface area contributed by atoms with Crippen molar-refractivity contribution in [2.24, 2.45) is 11.8 Å². The predicted molar refractivity (Wildman–Crippen MR) is 64.6 cm³/mol. The molecule has 0 bridgehead atoms. The van der Waals surface area contributed by atoms with E-state index in [4.69, 9.17) is 0 Å². The Morgan fingerprint density at radius 2 is 1.79 bits per heavy atom. The topological polar surface area (TPSA) is 15.3 Å². The Balaban J connectivity index is 4.37. The number of nitrogens with one attached hydrogen (secondary N) is 1. The molecule has 2 nitrogen and oxygen atoms in total. The van der Waals surface area contributed by atoms with Crippen molar-refractivity contribution in [1.29, 1.82) is 0 Å². The van der Waals surface area contributed by atoms with E-state index in [1.54, 1.807) is 0 Å². The zero-order valence-electron chi connectivity index (χ0n) is 10.8. The van der Waals surface area contributed by atoms with Gasteiger partial charge in [-0.3, -0.25) is 0 Å². The third-order valence-electron chi connectivity index (χ3n) is 3.04. The van der Waals surface area contributed by atoms with E-state index in [1.807, 2.05) is 7.05 Å². The second kappa shape index (κ2) is 7.24. The Bertz CT molecular complexity index is 116. The summed E-state index contributed by atoms with van der Waals surface area (Å²) in [5, 5.41) is 3.32. The third kappa shape index (κ3) is 4.43. The second-order valence-electron chi connectivity index (χ2n) is 4.79. The van der Waals surface area contributed by atoms with E-state index >= 15 is 0 Å². The van der Waals surface area contributed by atoms with Crippen molar-refractivity contribution >= 4 is 0 Å². The van der Waals surface area contributed by atoms with E-state index in [2.05, 4.69) is 45.1 Å². The smallest absolute Gasteiger partial charge is 0.0132 e. The van der Waals surface area contributed by atoms with Crippen LogP contribution < -0.4 is 5.32 Å². The SMILES string of the molecule is CCCC(C(CNC)C(C)C)N(C)C. The Morgan fingerprint density at radius 1 is 1.21 bits per heavy atom. The van der Waals surface area contributed by atoms with Crippen LogP contribution >= 0.6 is 0 Å². The Labute approximate surface area is 90.1 Å². The molecule has 0 aliphatic rings. The summed E-state index contributed by atoms with van der Waals surface area (Å²) in [4.78, 5) is 2.38. The van der Waals surface area contributed by atoms with Crippen LogP contribution in [0.15, 0.2) is 0 Å². The maximum Gasteiger partial charge on any atom is 0.0132 e. The van der Waals surface area contributed by atoms with Crippen molar-refractivity contribution in [2.45, 2.75) is 39.7 Å². The first kappa shape index (κ1) is 13.9. The second-order valence-corrected chi connectivity index (χ2v) is 4.79. The van der Waals surface area contributed by atoms with E-state index in [1.165, 1.54) is 12.8 Å². The predicted octanol–water partition coefficient (Wildman–Crippen LogP) is 2.21. The molecule has 1 N–H and O–H groups in total. The number of nitrogens with zero attached hydrogens (tertiary/aromatic N) is 1. The van der Waals surface area contributed by atoms with Gasteiger partial charge in [0.25, 0.3) is 0 Å². The summed E-state index contributed by atoms with van der Waals surface area (Å²) in [5.74, 6) is 1.51. The van der Waals surface area contributed by atoms with Crippen LogP contribution in [-0.2, 0) is 0 Å². The molecule has 2 heteroatoms. The van der Waals surface area contributed by atoms with Gasteiger partial charge in [0.15, 0.2) is 0 Å². The molecule has 0 aliphatic carbocycles. The summed E-state index contributed by atoms with van der Waals surface area (Å²) < 4.78 is 0. The zero-order valence-corrected chi connectivity index (χ0v) is 10.8. The average molecular weight is 200 g/mol. The van der Waals surface area contributed by atoms with Crippen molar-refractivity contribution in [2.75, 3.05) is 27.7 Å². The van der Waals surface area contributed by atoms with Gasteiger partial charge in [-0.15, -0.1) is 0 Å². The monoisotopic (exact) mass is 200 g/mol. The standard InChI is InChI=1S/C12H28N2/c1-7-8-12(14(5)6)11(9-13-4)10(2)3/h10-13H,7-9H2,1-6H3. The average Bonchev–Trinajstić information content (AvgIpc) is 2.10. The van der Waals surface area contributed by atoms with E-state index in [9.17, 15) is 0 Å². The first-order valence-electron chi connectivity index (χ1n) is 5.85. The first-order chi connectivity index (χ1) is 6.54. The first-order valence-corrected chi connectivity index (χ1v) is 5.85. The van der Waals surface area contributed by atoms with Crippen molar-refractivity contribution in [1.82, 2.24) is 10.2 Å². The molecule has 0 heterocycles. The highest BCUT2D eigenvalue weighted by atomic mass is 15.1. The molecule has 0 aromatic carbocycles. The fourth-order valence-corrected chi connectivity index (χ4v) is 2.20. The summed E-state index contributed by atoms with van der Waals surface area (Å²) in [5.41, 5.74) is 0. The molecular formula is C12H28N2. The maximum absolute atomic E-state index is 3.32. The number of hydrogen-bond donors (Lipinski definition) is 1. The van der Waals surface area contributed by atoms with Crippen LogP contribution in [0.3, 0.4) is 0 Å². The summed E-state index contributed by atoms with van der Waals surface area (Å²) in [6.07, 6.45) is 2.58. The lowest BCUT2D eigenvalue weighted by molar-refractivity contribution is 0.157. The minimum Gasteiger partial charge on any atom is -0.319 e. The molecule has 2 atom stereocenters. The molecule has 0 radical (unpaired) electrons. The molecule has 0 rings (SSSR count). The van der Waals surface area contributed by atoms with Gasteiger partial charge in [-0.2, -0.15) is 0 Å². The highest BCUT2D eigenvalue weighted by Crippen LogP contribution is 2.21. The van der Waals surface area contributed by atoms with Gasteiger partial charge in [-0.1, -0.05) is 27.2 Å². The third-order valence-corrected chi connectivity index (χ3v) is 3.04. The Kier molecular flexibility index (Phi) is 7.20. The molecule has 0 aliphatic heterocycles. The van der Waals surface area contributed by atoms with Gasteiger partial charge in [0.1, 0.15) is 0 Å². The van der Waals surface area contributed by atoms with Gasteiger partial charge in [0, 0.05) is 6.04 Å². The number of rotatable bonds is 7. The fraction of sp³-hybridized carbons (Fsp3) is 1.00. The van der Waals surface area contributed by atoms with E-state index < -0.39 is 0 Å². The van der Waals surface area contributed by atoms with Gasteiger partial charge < -0.3 is 10.2 Å². The normalized spacial score (nSPS) is 16.3. The lowest BCUT2D eigenvalue weighted by Gasteiger charge is -2.34. The molecule has 0 amide bonds. The largest absolute Gasteiger partial charge is 0.319 e. The molecule has 2 unspecified atom stereocenters. The van der Waals surface area contributed by atoms with Gasteiger partial charge in [0.2, 0.25) is 0 Å². The molecule has 0 aromatic heterocycles. The summed E-state index contributed by atoms with van der Waals surface area (Å²) >= 11 is 0. The molecule has 0 fully saturated rings. The Morgan fingerprint density at radius 3 is 2.07 bits per heavy atom.